The van der Waals surface area contributed by atoms with Crippen LogP contribution in [-0.4, -0.2) is 54.7 Å². The van der Waals surface area contributed by atoms with E-state index < -0.39 is 0 Å². The van der Waals surface area contributed by atoms with E-state index in [1.807, 2.05) is 11.0 Å². The summed E-state index contributed by atoms with van der Waals surface area (Å²) in [6.45, 7) is 3.86. The van der Waals surface area contributed by atoms with Gasteiger partial charge in [0, 0.05) is 45.4 Å². The number of pyridine rings is 1. The van der Waals surface area contributed by atoms with Crippen molar-refractivity contribution in [3.63, 3.8) is 0 Å². The van der Waals surface area contributed by atoms with Gasteiger partial charge in [-0.05, 0) is 31.4 Å². The zero-order valence-electron chi connectivity index (χ0n) is 13.3. The van der Waals surface area contributed by atoms with Crippen LogP contribution in [0.15, 0.2) is 18.3 Å². The monoisotopic (exact) mass is 314 g/mol. The molecule has 1 aromatic heterocycles. The fourth-order valence-corrected chi connectivity index (χ4v) is 3.14. The number of piperazine rings is 1. The topological polar surface area (TPSA) is 69.5 Å². The molecule has 6 heteroatoms. The molecular weight excluding hydrogens is 292 g/mol. The fourth-order valence-electron chi connectivity index (χ4n) is 3.14. The molecular formula is C17H22N4O2. The maximum atomic E-state index is 12.3. The van der Waals surface area contributed by atoms with Crippen LogP contribution in [0.2, 0.25) is 0 Å². The molecule has 0 spiro atoms. The van der Waals surface area contributed by atoms with Crippen LogP contribution in [0.5, 0.6) is 0 Å². The van der Waals surface area contributed by atoms with Gasteiger partial charge in [0.1, 0.15) is 11.9 Å². The first-order valence-electron chi connectivity index (χ1n) is 8.27. The van der Waals surface area contributed by atoms with Gasteiger partial charge in [0.15, 0.2) is 0 Å². The van der Waals surface area contributed by atoms with Crippen LogP contribution >= 0.6 is 0 Å². The molecule has 0 aliphatic carbocycles. The number of rotatable bonds is 4. The van der Waals surface area contributed by atoms with Crippen molar-refractivity contribution in [2.24, 2.45) is 0 Å². The Morgan fingerprint density at radius 3 is 2.78 bits per heavy atom. The predicted octanol–water partition coefficient (Wildman–Crippen LogP) is 1.56. The summed E-state index contributed by atoms with van der Waals surface area (Å²) in [5.41, 5.74) is 0.566. The van der Waals surface area contributed by atoms with Crippen molar-refractivity contribution in [3.05, 3.63) is 23.9 Å². The maximum absolute atomic E-state index is 12.3. The van der Waals surface area contributed by atoms with Crippen molar-refractivity contribution in [3.8, 4) is 6.07 Å². The third-order valence-electron chi connectivity index (χ3n) is 4.54. The first-order valence-corrected chi connectivity index (χ1v) is 8.27. The summed E-state index contributed by atoms with van der Waals surface area (Å²) >= 11 is 0. The number of hydrogen-bond donors (Lipinski definition) is 0. The predicted molar refractivity (Wildman–Crippen MR) is 86.0 cm³/mol. The average molecular weight is 314 g/mol. The molecule has 2 aliphatic rings. The Labute approximate surface area is 136 Å². The number of ether oxygens (including phenoxy) is 1. The summed E-state index contributed by atoms with van der Waals surface area (Å²) in [7, 11) is 0. The van der Waals surface area contributed by atoms with Crippen LogP contribution in [0.25, 0.3) is 0 Å². The summed E-state index contributed by atoms with van der Waals surface area (Å²) in [6, 6.07) is 5.72. The Balaban J connectivity index is 1.45. The van der Waals surface area contributed by atoms with Gasteiger partial charge < -0.3 is 14.5 Å². The molecule has 1 aromatic rings. The van der Waals surface area contributed by atoms with Crippen LogP contribution in [0.4, 0.5) is 5.82 Å². The van der Waals surface area contributed by atoms with Gasteiger partial charge in [0.2, 0.25) is 5.91 Å². The highest BCUT2D eigenvalue weighted by atomic mass is 16.5. The van der Waals surface area contributed by atoms with E-state index in [4.69, 9.17) is 10.00 Å². The van der Waals surface area contributed by atoms with E-state index in [1.54, 1.807) is 12.3 Å². The van der Waals surface area contributed by atoms with Crippen LogP contribution in [-0.2, 0) is 9.53 Å². The molecule has 3 rings (SSSR count). The van der Waals surface area contributed by atoms with Gasteiger partial charge in [0.25, 0.3) is 0 Å². The lowest BCUT2D eigenvalue weighted by Gasteiger charge is -2.35. The van der Waals surface area contributed by atoms with Crippen molar-refractivity contribution >= 4 is 11.7 Å². The van der Waals surface area contributed by atoms with E-state index in [1.165, 1.54) is 0 Å². The maximum Gasteiger partial charge on any atom is 0.222 e. The molecule has 0 bridgehead atoms. The second kappa shape index (κ2) is 7.42. The summed E-state index contributed by atoms with van der Waals surface area (Å²) < 4.78 is 5.57. The lowest BCUT2D eigenvalue weighted by Crippen LogP contribution is -2.49. The van der Waals surface area contributed by atoms with E-state index in [0.29, 0.717) is 12.0 Å². The highest BCUT2D eigenvalue weighted by Gasteiger charge is 2.23. The van der Waals surface area contributed by atoms with Crippen LogP contribution in [0.3, 0.4) is 0 Å². The number of carbonyl (C=O) groups is 1. The fraction of sp³-hybridized carbons (Fsp3) is 0.588. The molecule has 0 N–H and O–H groups in total. The quantitative estimate of drug-likeness (QED) is 0.843. The molecule has 0 saturated carbocycles. The average Bonchev–Trinajstić information content (AvgIpc) is 3.13. The van der Waals surface area contributed by atoms with E-state index in [-0.39, 0.29) is 12.0 Å². The minimum absolute atomic E-state index is 0.230. The van der Waals surface area contributed by atoms with Crippen molar-refractivity contribution in [2.75, 3.05) is 37.7 Å². The van der Waals surface area contributed by atoms with E-state index in [0.717, 1.165) is 57.9 Å². The van der Waals surface area contributed by atoms with Gasteiger partial charge in [0.05, 0.1) is 11.7 Å². The number of amides is 1. The molecule has 0 unspecified atom stereocenters. The van der Waals surface area contributed by atoms with Crippen molar-refractivity contribution < 1.29 is 9.53 Å². The molecule has 6 nitrogen and oxygen atoms in total. The zero-order valence-corrected chi connectivity index (χ0v) is 13.3. The Morgan fingerprint density at radius 1 is 1.35 bits per heavy atom. The second-order valence-electron chi connectivity index (χ2n) is 6.06. The van der Waals surface area contributed by atoms with Gasteiger partial charge in [-0.1, -0.05) is 0 Å². The largest absolute Gasteiger partial charge is 0.378 e. The number of carbonyl (C=O) groups excluding carboxylic acids is 1. The molecule has 1 amide bonds. The lowest BCUT2D eigenvalue weighted by molar-refractivity contribution is -0.132. The zero-order chi connectivity index (χ0) is 16.1. The Kier molecular flexibility index (Phi) is 5.09. The molecule has 0 aromatic carbocycles. The van der Waals surface area contributed by atoms with Crippen molar-refractivity contribution in [1.82, 2.24) is 9.88 Å². The van der Waals surface area contributed by atoms with Crippen molar-refractivity contribution in [1.29, 1.82) is 5.26 Å². The third kappa shape index (κ3) is 3.99. The molecule has 2 saturated heterocycles. The number of hydrogen-bond acceptors (Lipinski definition) is 5. The SMILES string of the molecule is N#Cc1ccc(N2CCN(C(=O)CC[C@H]3CCCO3)CC2)nc1. The number of nitriles is 1. The normalized spacial score (nSPS) is 21.3. The molecule has 3 heterocycles. The lowest BCUT2D eigenvalue weighted by atomic mass is 10.1. The van der Waals surface area contributed by atoms with Crippen LogP contribution < -0.4 is 4.90 Å². The van der Waals surface area contributed by atoms with Gasteiger partial charge in [-0.15, -0.1) is 0 Å². The molecule has 0 radical (unpaired) electrons. The van der Waals surface area contributed by atoms with Crippen LogP contribution in [0, 0.1) is 11.3 Å². The van der Waals surface area contributed by atoms with Gasteiger partial charge in [-0.2, -0.15) is 5.26 Å². The van der Waals surface area contributed by atoms with Gasteiger partial charge in [-0.3, -0.25) is 4.79 Å². The Bertz CT molecular complexity index is 567. The second-order valence-corrected chi connectivity index (χ2v) is 6.06. The number of anilines is 1. The third-order valence-corrected chi connectivity index (χ3v) is 4.54. The standard InChI is InChI=1S/C17H22N4O2/c18-12-14-3-5-16(19-13-14)20-7-9-21(10-8-20)17(22)6-4-15-2-1-11-23-15/h3,5,13,15H,1-2,4,6-11H2/t15-/m1/s1. The minimum Gasteiger partial charge on any atom is -0.378 e. The summed E-state index contributed by atoms with van der Waals surface area (Å²) in [6.07, 6.45) is 5.51. The van der Waals surface area contributed by atoms with E-state index in [9.17, 15) is 4.79 Å². The first-order chi connectivity index (χ1) is 11.3. The minimum atomic E-state index is 0.230. The van der Waals surface area contributed by atoms with Crippen molar-refractivity contribution in [2.45, 2.75) is 31.8 Å². The highest BCUT2D eigenvalue weighted by Crippen LogP contribution is 2.18. The summed E-state index contributed by atoms with van der Waals surface area (Å²) in [4.78, 5) is 20.7. The highest BCUT2D eigenvalue weighted by molar-refractivity contribution is 5.76. The van der Waals surface area contributed by atoms with E-state index >= 15 is 0 Å². The Hall–Kier alpha value is -2.13. The molecule has 122 valence electrons. The molecule has 1 atom stereocenters. The first kappa shape index (κ1) is 15.8. The number of aromatic nitrogens is 1. The summed E-state index contributed by atoms with van der Waals surface area (Å²) in [5, 5.41) is 8.81. The van der Waals surface area contributed by atoms with Crippen LogP contribution in [0.1, 0.15) is 31.2 Å². The van der Waals surface area contributed by atoms with E-state index in [2.05, 4.69) is 16.0 Å². The Morgan fingerprint density at radius 2 is 2.17 bits per heavy atom. The molecule has 23 heavy (non-hydrogen) atoms. The van der Waals surface area contributed by atoms with Gasteiger partial charge in [-0.25, -0.2) is 4.98 Å². The smallest absolute Gasteiger partial charge is 0.222 e. The molecule has 2 fully saturated rings. The number of nitrogens with zero attached hydrogens (tertiary/aromatic N) is 4. The molecule has 2 aliphatic heterocycles. The van der Waals surface area contributed by atoms with Gasteiger partial charge >= 0.3 is 0 Å². The summed E-state index contributed by atoms with van der Waals surface area (Å²) in [5.74, 6) is 1.10.